The van der Waals surface area contributed by atoms with Gasteiger partial charge in [-0.3, -0.25) is 4.90 Å². The number of fused-ring (bicyclic) bond motifs is 1. The number of carbonyl (C=O) groups is 1. The molecule has 132 valence electrons. The van der Waals surface area contributed by atoms with Crippen LogP contribution in [0.25, 0.3) is 0 Å². The van der Waals surface area contributed by atoms with Crippen molar-refractivity contribution >= 4 is 11.7 Å². The highest BCUT2D eigenvalue weighted by atomic mass is 16.5. The lowest BCUT2D eigenvalue weighted by Crippen LogP contribution is -2.44. The van der Waals surface area contributed by atoms with E-state index in [0.717, 1.165) is 57.6 Å². The Morgan fingerprint density at radius 3 is 3.00 bits per heavy atom. The van der Waals surface area contributed by atoms with Crippen LogP contribution in [0.5, 0.6) is 0 Å². The summed E-state index contributed by atoms with van der Waals surface area (Å²) in [7, 11) is 0. The van der Waals surface area contributed by atoms with Gasteiger partial charge in [0.15, 0.2) is 0 Å². The number of likely N-dealkylation sites (N-methyl/N-ethyl adjacent to an activating group) is 1. The number of rotatable bonds is 5. The van der Waals surface area contributed by atoms with Gasteiger partial charge in [0.25, 0.3) is 0 Å². The Morgan fingerprint density at radius 2 is 2.29 bits per heavy atom. The van der Waals surface area contributed by atoms with E-state index >= 15 is 0 Å². The smallest absolute Gasteiger partial charge is 0.319 e. The fourth-order valence-corrected chi connectivity index (χ4v) is 3.76. The SMILES string of the molecule is CC[C@@H](NC(=O)Nc1cccc2c1CCN(CC)C2)[C@H]1CCCO1. The molecule has 2 aliphatic heterocycles. The summed E-state index contributed by atoms with van der Waals surface area (Å²) in [5.41, 5.74) is 3.55. The van der Waals surface area contributed by atoms with Crippen molar-refractivity contribution in [2.24, 2.45) is 0 Å². The van der Waals surface area contributed by atoms with Gasteiger partial charge in [-0.25, -0.2) is 4.79 Å². The average Bonchev–Trinajstić information content (AvgIpc) is 3.14. The number of amides is 2. The number of nitrogens with zero attached hydrogens (tertiary/aromatic N) is 1. The monoisotopic (exact) mass is 331 g/mol. The zero-order chi connectivity index (χ0) is 16.9. The largest absolute Gasteiger partial charge is 0.376 e. The van der Waals surface area contributed by atoms with E-state index in [4.69, 9.17) is 4.74 Å². The molecule has 3 rings (SSSR count). The molecule has 2 heterocycles. The number of hydrogen-bond donors (Lipinski definition) is 2. The maximum absolute atomic E-state index is 12.5. The van der Waals surface area contributed by atoms with Crippen LogP contribution in [0.15, 0.2) is 18.2 Å². The Labute approximate surface area is 144 Å². The zero-order valence-electron chi connectivity index (χ0n) is 14.8. The first-order valence-corrected chi connectivity index (χ1v) is 9.23. The van der Waals surface area contributed by atoms with E-state index in [1.165, 1.54) is 11.1 Å². The Balaban J connectivity index is 1.64. The van der Waals surface area contributed by atoms with Gasteiger partial charge in [-0.2, -0.15) is 0 Å². The van der Waals surface area contributed by atoms with E-state index in [2.05, 4.69) is 35.4 Å². The minimum atomic E-state index is -0.122. The maximum atomic E-state index is 12.5. The van der Waals surface area contributed by atoms with E-state index < -0.39 is 0 Å². The number of anilines is 1. The van der Waals surface area contributed by atoms with E-state index in [1.54, 1.807) is 0 Å². The fraction of sp³-hybridized carbons (Fsp3) is 0.632. The quantitative estimate of drug-likeness (QED) is 0.871. The van der Waals surface area contributed by atoms with Gasteiger partial charge in [0.2, 0.25) is 0 Å². The molecule has 1 saturated heterocycles. The van der Waals surface area contributed by atoms with E-state index in [1.807, 2.05) is 12.1 Å². The molecule has 5 nitrogen and oxygen atoms in total. The number of benzene rings is 1. The molecule has 0 aromatic heterocycles. The molecule has 2 atom stereocenters. The molecule has 5 heteroatoms. The summed E-state index contributed by atoms with van der Waals surface area (Å²) in [6, 6.07) is 6.17. The topological polar surface area (TPSA) is 53.6 Å². The third kappa shape index (κ3) is 3.90. The van der Waals surface area contributed by atoms with Crippen molar-refractivity contribution in [3.8, 4) is 0 Å². The van der Waals surface area contributed by atoms with Crippen molar-refractivity contribution in [2.45, 2.75) is 58.2 Å². The van der Waals surface area contributed by atoms with Crippen LogP contribution in [-0.2, 0) is 17.7 Å². The highest BCUT2D eigenvalue weighted by Crippen LogP contribution is 2.26. The summed E-state index contributed by atoms with van der Waals surface area (Å²) in [5.74, 6) is 0. The lowest BCUT2D eigenvalue weighted by molar-refractivity contribution is 0.0804. The second-order valence-corrected chi connectivity index (χ2v) is 6.73. The minimum absolute atomic E-state index is 0.0858. The van der Waals surface area contributed by atoms with Crippen LogP contribution in [0, 0.1) is 0 Å². The van der Waals surface area contributed by atoms with Crippen LogP contribution in [0.2, 0.25) is 0 Å². The summed E-state index contributed by atoms with van der Waals surface area (Å²) >= 11 is 0. The van der Waals surface area contributed by atoms with Crippen molar-refractivity contribution in [3.63, 3.8) is 0 Å². The van der Waals surface area contributed by atoms with Gasteiger partial charge in [0.05, 0.1) is 12.1 Å². The van der Waals surface area contributed by atoms with Gasteiger partial charge in [0, 0.05) is 25.4 Å². The number of carbonyl (C=O) groups excluding carboxylic acids is 1. The summed E-state index contributed by atoms with van der Waals surface area (Å²) in [6.07, 6.45) is 4.15. The average molecular weight is 331 g/mol. The van der Waals surface area contributed by atoms with Gasteiger partial charge >= 0.3 is 6.03 Å². The van der Waals surface area contributed by atoms with E-state index in [0.29, 0.717) is 0 Å². The number of hydrogen-bond acceptors (Lipinski definition) is 3. The molecule has 24 heavy (non-hydrogen) atoms. The molecule has 1 fully saturated rings. The highest BCUT2D eigenvalue weighted by Gasteiger charge is 2.26. The Morgan fingerprint density at radius 1 is 1.42 bits per heavy atom. The van der Waals surface area contributed by atoms with Gasteiger partial charge in [-0.05, 0) is 49.4 Å². The van der Waals surface area contributed by atoms with Crippen LogP contribution >= 0.6 is 0 Å². The predicted octanol–water partition coefficient (Wildman–Crippen LogP) is 3.14. The van der Waals surface area contributed by atoms with Crippen LogP contribution in [0.4, 0.5) is 10.5 Å². The first-order chi connectivity index (χ1) is 11.7. The first kappa shape index (κ1) is 17.2. The Kier molecular flexibility index (Phi) is 5.74. The van der Waals surface area contributed by atoms with Crippen LogP contribution in [-0.4, -0.2) is 42.8 Å². The summed E-state index contributed by atoms with van der Waals surface area (Å²) in [4.78, 5) is 14.9. The molecule has 1 aromatic carbocycles. The van der Waals surface area contributed by atoms with Gasteiger partial charge in [-0.1, -0.05) is 26.0 Å². The van der Waals surface area contributed by atoms with Gasteiger partial charge < -0.3 is 15.4 Å². The van der Waals surface area contributed by atoms with Gasteiger partial charge in [-0.15, -0.1) is 0 Å². The van der Waals surface area contributed by atoms with Crippen molar-refractivity contribution in [1.29, 1.82) is 0 Å². The zero-order valence-corrected chi connectivity index (χ0v) is 14.8. The van der Waals surface area contributed by atoms with Crippen LogP contribution in [0.1, 0.15) is 44.2 Å². The van der Waals surface area contributed by atoms with Crippen molar-refractivity contribution in [3.05, 3.63) is 29.3 Å². The lowest BCUT2D eigenvalue weighted by Gasteiger charge is -2.29. The number of ether oxygens (including phenoxy) is 1. The predicted molar refractivity (Wildman–Crippen MR) is 96.3 cm³/mol. The molecule has 1 aromatic rings. The molecule has 0 bridgehead atoms. The van der Waals surface area contributed by atoms with Crippen molar-refractivity contribution in [2.75, 3.05) is 25.0 Å². The Bertz CT molecular complexity index is 570. The fourth-order valence-electron chi connectivity index (χ4n) is 3.76. The van der Waals surface area contributed by atoms with Crippen LogP contribution < -0.4 is 10.6 Å². The standard InChI is InChI=1S/C19H29N3O2/c1-3-16(18-9-6-12-24-18)20-19(23)21-17-8-5-7-14-13-22(4-2)11-10-15(14)17/h5,7-8,16,18H,3-4,6,9-13H2,1-2H3,(H2,20,21,23)/t16-,18-/m1/s1. The molecule has 2 aliphatic rings. The third-order valence-corrected chi connectivity index (χ3v) is 5.21. The third-order valence-electron chi connectivity index (χ3n) is 5.21. The van der Waals surface area contributed by atoms with Crippen molar-refractivity contribution in [1.82, 2.24) is 10.2 Å². The van der Waals surface area contributed by atoms with E-state index in [9.17, 15) is 4.79 Å². The second-order valence-electron chi connectivity index (χ2n) is 6.73. The van der Waals surface area contributed by atoms with Crippen molar-refractivity contribution < 1.29 is 9.53 Å². The molecule has 0 unspecified atom stereocenters. The number of nitrogens with one attached hydrogen (secondary N) is 2. The molecular weight excluding hydrogens is 302 g/mol. The number of urea groups is 1. The highest BCUT2D eigenvalue weighted by molar-refractivity contribution is 5.90. The molecule has 0 spiro atoms. The van der Waals surface area contributed by atoms with E-state index in [-0.39, 0.29) is 18.2 Å². The summed E-state index contributed by atoms with van der Waals surface area (Å²) in [6.45, 7) is 8.18. The molecule has 0 saturated carbocycles. The molecule has 0 radical (unpaired) electrons. The Hall–Kier alpha value is -1.59. The summed E-state index contributed by atoms with van der Waals surface area (Å²) < 4.78 is 5.72. The maximum Gasteiger partial charge on any atom is 0.319 e. The summed E-state index contributed by atoms with van der Waals surface area (Å²) in [5, 5.41) is 6.17. The second kappa shape index (κ2) is 7.99. The molecular formula is C19H29N3O2. The first-order valence-electron chi connectivity index (χ1n) is 9.23. The van der Waals surface area contributed by atoms with Gasteiger partial charge in [0.1, 0.15) is 0 Å². The van der Waals surface area contributed by atoms with Crippen LogP contribution in [0.3, 0.4) is 0 Å². The minimum Gasteiger partial charge on any atom is -0.376 e. The molecule has 2 amide bonds. The molecule has 2 N–H and O–H groups in total. The molecule has 0 aliphatic carbocycles. The lowest BCUT2D eigenvalue weighted by atomic mass is 9.98. The normalized spacial score (nSPS) is 22.0.